The molecule has 2 N–H and O–H groups in total. The van der Waals surface area contributed by atoms with Gasteiger partial charge in [-0.05, 0) is 38.1 Å². The minimum Gasteiger partial charge on any atom is -0.871 e. The van der Waals surface area contributed by atoms with Crippen molar-refractivity contribution in [2.45, 2.75) is 65.6 Å². The minimum absolute atomic E-state index is 0.00910. The monoisotopic (exact) mass is 1000 g/mol. The van der Waals surface area contributed by atoms with E-state index in [1.54, 1.807) is 97.1 Å². The minimum atomic E-state index is -1.29. The number of ketones is 2. The highest BCUT2D eigenvalue weighted by molar-refractivity contribution is 7.29. The number of thiophene rings is 2. The van der Waals surface area contributed by atoms with E-state index in [9.17, 15) is 39.0 Å². The Morgan fingerprint density at radius 3 is 1.25 bits per heavy atom. The third-order valence-electron chi connectivity index (χ3n) is 13.4. The fraction of sp³-hybridized carbons (Fsp3) is 0.250. The molecule has 4 aromatic rings. The van der Waals surface area contributed by atoms with Crippen LogP contribution in [0.1, 0.15) is 86.5 Å². The van der Waals surface area contributed by atoms with Gasteiger partial charge >= 0.3 is 11.9 Å². The number of carbonyl (C=O) groups is 6. The summed E-state index contributed by atoms with van der Waals surface area (Å²) in [4.78, 5) is 81.5. The molecule has 4 aliphatic carbocycles. The maximum atomic E-state index is 14.2. The number of carbonyl (C=O) groups excluding carboxylic acids is 6. The van der Waals surface area contributed by atoms with Gasteiger partial charge in [0.2, 0.25) is 23.6 Å². The highest BCUT2D eigenvalue weighted by Gasteiger charge is 2.39. The third-order valence-corrected chi connectivity index (χ3v) is 15.7. The van der Waals surface area contributed by atoms with Gasteiger partial charge in [-0.25, -0.2) is 9.15 Å². The van der Waals surface area contributed by atoms with E-state index >= 15 is 0 Å². The molecule has 2 aromatic heterocycles. The Labute approximate surface area is 422 Å². The van der Waals surface area contributed by atoms with Gasteiger partial charge < -0.3 is 30.3 Å². The number of esters is 2. The topological polar surface area (TPSA) is 197 Å². The van der Waals surface area contributed by atoms with Gasteiger partial charge in [0.25, 0.3) is 11.8 Å². The Balaban J connectivity index is 0.962. The van der Waals surface area contributed by atoms with Gasteiger partial charge in [-0.1, -0.05) is 72.2 Å². The molecule has 2 aliphatic heterocycles. The average molecular weight is 1000 g/mol. The lowest BCUT2D eigenvalue weighted by molar-refractivity contribution is -0.505. The van der Waals surface area contributed by atoms with Crippen molar-refractivity contribution < 1.29 is 57.6 Å². The van der Waals surface area contributed by atoms with Gasteiger partial charge in [0, 0.05) is 127 Å². The number of allylic oxidation sites excluding steroid dienone is 10. The summed E-state index contributed by atoms with van der Waals surface area (Å²) >= 11 is 2.39. The summed E-state index contributed by atoms with van der Waals surface area (Å²) in [5.74, 6) is -4.58. The molecule has 364 valence electrons. The van der Waals surface area contributed by atoms with E-state index in [2.05, 4.69) is 19.8 Å². The summed E-state index contributed by atoms with van der Waals surface area (Å²) in [6.07, 6.45) is 8.43. The van der Waals surface area contributed by atoms with Crippen molar-refractivity contribution in [2.24, 2.45) is 0 Å². The largest absolute Gasteiger partial charge is 0.871 e. The van der Waals surface area contributed by atoms with E-state index in [0.29, 0.717) is 30.3 Å². The summed E-state index contributed by atoms with van der Waals surface area (Å²) in [6.45, 7) is 9.45. The van der Waals surface area contributed by atoms with E-state index in [-0.39, 0.29) is 44.8 Å². The van der Waals surface area contributed by atoms with Gasteiger partial charge in [0.1, 0.15) is 26.2 Å². The van der Waals surface area contributed by atoms with Gasteiger partial charge in [-0.15, -0.1) is 22.7 Å². The normalized spacial score (nSPS) is 20.9. The standard InChI is InChI=1S/C56H48N4O10S2/c1-29-23-35(37(25-39(29)59-19-11-12-20-59)57-55(67)53(69-31(3)61)33-15-7-5-8-16-33)45-49(63)47(50(45)64)43-27-41-42(71-43)28-44(72-41)48-51(65)46(52(48)66)36-24-30(2)40(60-21-13-14-22-60)26-38(36)58-56(68)54(70-32(4)62)34-17-9-6-10-18-34/h5-10,15-18,23-28,53-54H,11-14,19-22H2,1-4H3,(H2,57,58,63,64,65,66,67,68). The lowest BCUT2D eigenvalue weighted by atomic mass is 9.80. The molecule has 2 aromatic carbocycles. The van der Waals surface area contributed by atoms with E-state index in [0.717, 1.165) is 74.4 Å². The quantitative estimate of drug-likeness (QED) is 0.110. The number of rotatable bonds is 10. The second kappa shape index (κ2) is 19.4. The zero-order valence-electron chi connectivity index (χ0n) is 39.8. The van der Waals surface area contributed by atoms with Crippen LogP contribution >= 0.6 is 22.7 Å². The zero-order chi connectivity index (χ0) is 50.5. The zero-order valence-corrected chi connectivity index (χ0v) is 41.5. The fourth-order valence-corrected chi connectivity index (χ4v) is 12.4. The van der Waals surface area contributed by atoms with Crippen LogP contribution in [0.25, 0.3) is 20.5 Å². The maximum absolute atomic E-state index is 14.2. The van der Waals surface area contributed by atoms with E-state index in [1.165, 1.54) is 36.5 Å². The molecule has 10 rings (SSSR count). The first-order valence-corrected chi connectivity index (χ1v) is 25.4. The van der Waals surface area contributed by atoms with Crippen LogP contribution in [-0.2, 0) is 38.2 Å². The first kappa shape index (κ1) is 47.8. The second-order valence-corrected chi connectivity index (χ2v) is 20.5. The lowest BCUT2D eigenvalue weighted by Crippen LogP contribution is -2.36. The molecule has 0 radical (unpaired) electrons. The van der Waals surface area contributed by atoms with Crippen molar-refractivity contribution in [1.82, 2.24) is 10.6 Å². The fourth-order valence-electron chi connectivity index (χ4n) is 9.95. The molecular formula is C56H48N4O10S2. The molecule has 2 saturated heterocycles. The number of amides is 2. The van der Waals surface area contributed by atoms with Gasteiger partial charge in [0.15, 0.2) is 11.6 Å². The van der Waals surface area contributed by atoms with Crippen LogP contribution in [0.4, 0.5) is 0 Å². The van der Waals surface area contributed by atoms with Crippen molar-refractivity contribution >= 4 is 90.0 Å². The maximum Gasteiger partial charge on any atom is 0.303 e. The van der Waals surface area contributed by atoms with Crippen LogP contribution in [0.2, 0.25) is 0 Å². The molecule has 2 amide bonds. The van der Waals surface area contributed by atoms with Crippen molar-refractivity contribution in [2.75, 3.05) is 26.2 Å². The molecule has 2 unspecified atom stereocenters. The molecule has 0 bridgehead atoms. The third kappa shape index (κ3) is 8.85. The summed E-state index contributed by atoms with van der Waals surface area (Å²) in [5.41, 5.74) is 5.05. The van der Waals surface area contributed by atoms with Crippen molar-refractivity contribution in [3.63, 3.8) is 0 Å². The van der Waals surface area contributed by atoms with E-state index in [1.807, 2.05) is 13.8 Å². The average Bonchev–Trinajstić information content (AvgIpc) is 4.20. The van der Waals surface area contributed by atoms with Gasteiger partial charge in [0.05, 0.1) is 11.4 Å². The summed E-state index contributed by atoms with van der Waals surface area (Å²) in [7, 11) is 0. The number of hydrogen-bond donors (Lipinski definition) is 2. The Bertz CT molecular complexity index is 3160. The number of fused-ring (bicyclic) bond motifs is 1. The number of Topliss-reactive ketones (excluding diaryl/α,β-unsaturated/α-hetero) is 2. The molecule has 2 fully saturated rings. The van der Waals surface area contributed by atoms with Crippen LogP contribution in [0.5, 0.6) is 0 Å². The molecule has 72 heavy (non-hydrogen) atoms. The molecule has 14 nitrogen and oxygen atoms in total. The molecule has 6 aliphatic rings. The number of hydrogen-bond acceptors (Lipinski definition) is 12. The molecule has 4 heterocycles. The highest BCUT2D eigenvalue weighted by atomic mass is 32.1. The van der Waals surface area contributed by atoms with Crippen LogP contribution < -0.4 is 20.8 Å². The Hall–Kier alpha value is -7.82. The van der Waals surface area contributed by atoms with Crippen LogP contribution in [0.3, 0.4) is 0 Å². The Kier molecular flexibility index (Phi) is 12.9. The summed E-state index contributed by atoms with van der Waals surface area (Å²) < 4.78 is 16.7. The highest BCUT2D eigenvalue weighted by Crippen LogP contribution is 2.48. The molecule has 0 spiro atoms. The van der Waals surface area contributed by atoms with E-state index < -0.39 is 59.0 Å². The first-order chi connectivity index (χ1) is 34.7. The summed E-state index contributed by atoms with van der Waals surface area (Å²) in [6, 6.07) is 20.6. The Morgan fingerprint density at radius 2 is 0.917 bits per heavy atom. The van der Waals surface area contributed by atoms with Gasteiger partial charge in [-0.2, -0.15) is 0 Å². The number of benzene rings is 2. The summed E-state index contributed by atoms with van der Waals surface area (Å²) in [5, 5.41) is 34.2. The van der Waals surface area contributed by atoms with Crippen molar-refractivity contribution in [3.05, 3.63) is 174 Å². The SMILES string of the molecule is CC(=O)OC(C(=O)NC1=CC(=[N+]2CCCC2)C(C)=C/C1=C1/C(=O)C(c2cc3sc(C4=C([O-])/C(=C5\C=C(C)C(=[N+]6CCCC6)C=C5NC(=O)C(OC(C)=O)c5ccccc5)C4=O)cc3s2)=C1[O-])c1ccccc1. The molecule has 2 atom stereocenters. The number of nitrogens with zero attached hydrogens (tertiary/aromatic N) is 2. The van der Waals surface area contributed by atoms with Crippen LogP contribution in [0.15, 0.2) is 153 Å². The van der Waals surface area contributed by atoms with Crippen molar-refractivity contribution in [3.8, 4) is 0 Å². The van der Waals surface area contributed by atoms with Crippen molar-refractivity contribution in [1.29, 1.82) is 0 Å². The predicted molar refractivity (Wildman–Crippen MR) is 268 cm³/mol. The molecule has 16 heteroatoms. The van der Waals surface area contributed by atoms with Crippen LogP contribution in [0, 0.1) is 0 Å². The number of ether oxygens (including phenoxy) is 2. The van der Waals surface area contributed by atoms with Crippen LogP contribution in [-0.4, -0.2) is 82.1 Å². The Morgan fingerprint density at radius 1 is 0.556 bits per heavy atom. The molecule has 0 saturated carbocycles. The first-order valence-electron chi connectivity index (χ1n) is 23.7. The number of nitrogens with one attached hydrogen (secondary N) is 2. The van der Waals surface area contributed by atoms with Gasteiger partial charge in [-0.3, -0.25) is 28.8 Å². The predicted octanol–water partition coefficient (Wildman–Crippen LogP) is 5.89. The molecular weight excluding hydrogens is 953 g/mol. The smallest absolute Gasteiger partial charge is 0.303 e. The lowest BCUT2D eigenvalue weighted by Gasteiger charge is -2.33. The second-order valence-electron chi connectivity index (χ2n) is 18.3. The van der Waals surface area contributed by atoms with E-state index in [4.69, 9.17) is 9.47 Å².